The molecule has 1 unspecified atom stereocenters. The van der Waals surface area contributed by atoms with E-state index in [-0.39, 0.29) is 12.0 Å². The van der Waals surface area contributed by atoms with E-state index < -0.39 is 0 Å². The molecule has 1 atom stereocenters. The van der Waals surface area contributed by atoms with E-state index in [0.29, 0.717) is 25.4 Å². The first kappa shape index (κ1) is 16.5. The third kappa shape index (κ3) is 3.50. The van der Waals surface area contributed by atoms with Gasteiger partial charge in [0.15, 0.2) is 5.69 Å². The Morgan fingerprint density at radius 2 is 1.85 bits per heavy atom. The minimum Gasteiger partial charge on any atom is -0.372 e. The lowest BCUT2D eigenvalue weighted by atomic mass is 10.1. The molecule has 4 rings (SSSR count). The van der Waals surface area contributed by atoms with Crippen LogP contribution >= 0.6 is 0 Å². The third-order valence-corrected chi connectivity index (χ3v) is 4.54. The molecule has 0 saturated carbocycles. The highest BCUT2D eigenvalue weighted by Crippen LogP contribution is 2.24. The molecule has 0 spiro atoms. The van der Waals surface area contributed by atoms with Gasteiger partial charge in [0.1, 0.15) is 0 Å². The monoisotopic (exact) mass is 348 g/mol. The van der Waals surface area contributed by atoms with Crippen LogP contribution in [-0.4, -0.2) is 45.3 Å². The minimum atomic E-state index is -0.0601. The highest BCUT2D eigenvalue weighted by atomic mass is 16.5. The smallest absolute Gasteiger partial charge is 0.274 e. The van der Waals surface area contributed by atoms with Crippen molar-refractivity contribution in [1.29, 1.82) is 0 Å². The highest BCUT2D eigenvalue weighted by molar-refractivity contribution is 5.92. The van der Waals surface area contributed by atoms with E-state index in [1.165, 1.54) is 0 Å². The predicted octanol–water partition coefficient (Wildman–Crippen LogP) is 2.87. The van der Waals surface area contributed by atoms with Gasteiger partial charge in [-0.25, -0.2) is 4.68 Å². The Hall–Kier alpha value is -2.99. The van der Waals surface area contributed by atoms with Gasteiger partial charge in [-0.3, -0.25) is 9.78 Å². The molecule has 1 saturated heterocycles. The predicted molar refractivity (Wildman–Crippen MR) is 97.0 cm³/mol. The first-order valence-corrected chi connectivity index (χ1v) is 8.73. The van der Waals surface area contributed by atoms with Crippen LogP contribution in [0.2, 0.25) is 0 Å². The van der Waals surface area contributed by atoms with E-state index in [9.17, 15) is 4.79 Å². The zero-order valence-corrected chi connectivity index (χ0v) is 14.4. The molecule has 132 valence electrons. The molecule has 2 aromatic heterocycles. The SMILES string of the molecule is O=C(c1ccn(-c2ccncc2)n1)N1CCOC(c2ccccc2)CC1. The Morgan fingerprint density at radius 1 is 1.04 bits per heavy atom. The first-order chi connectivity index (χ1) is 12.8. The van der Waals surface area contributed by atoms with Crippen molar-refractivity contribution < 1.29 is 9.53 Å². The van der Waals surface area contributed by atoms with Crippen LogP contribution in [0, 0.1) is 0 Å². The fourth-order valence-electron chi connectivity index (χ4n) is 3.15. The van der Waals surface area contributed by atoms with E-state index in [4.69, 9.17) is 4.74 Å². The lowest BCUT2D eigenvalue weighted by molar-refractivity contribution is 0.0583. The van der Waals surface area contributed by atoms with Crippen molar-refractivity contribution in [1.82, 2.24) is 19.7 Å². The normalized spacial score (nSPS) is 17.7. The number of carbonyl (C=O) groups excluding carboxylic acids is 1. The van der Waals surface area contributed by atoms with Crippen molar-refractivity contribution in [3.63, 3.8) is 0 Å². The Balaban J connectivity index is 1.45. The Kier molecular flexibility index (Phi) is 4.75. The van der Waals surface area contributed by atoms with Crippen LogP contribution in [0.15, 0.2) is 67.1 Å². The van der Waals surface area contributed by atoms with E-state index >= 15 is 0 Å². The van der Waals surface area contributed by atoms with E-state index in [0.717, 1.165) is 17.7 Å². The molecule has 1 fully saturated rings. The van der Waals surface area contributed by atoms with Gasteiger partial charge in [0.25, 0.3) is 5.91 Å². The van der Waals surface area contributed by atoms with Crippen molar-refractivity contribution >= 4 is 5.91 Å². The summed E-state index contributed by atoms with van der Waals surface area (Å²) in [6.07, 6.45) is 6.01. The summed E-state index contributed by atoms with van der Waals surface area (Å²) in [5.74, 6) is -0.0601. The van der Waals surface area contributed by atoms with Crippen molar-refractivity contribution in [3.05, 3.63) is 78.4 Å². The Bertz CT molecular complexity index is 864. The van der Waals surface area contributed by atoms with Crippen molar-refractivity contribution in [2.45, 2.75) is 12.5 Å². The fourth-order valence-corrected chi connectivity index (χ4v) is 3.15. The van der Waals surface area contributed by atoms with Crippen molar-refractivity contribution in [3.8, 4) is 5.69 Å². The molecule has 0 N–H and O–H groups in total. The van der Waals surface area contributed by atoms with Crippen molar-refractivity contribution in [2.24, 2.45) is 0 Å². The molecular formula is C20H20N4O2. The molecule has 3 heterocycles. The second-order valence-electron chi connectivity index (χ2n) is 6.20. The Labute approximate surface area is 152 Å². The third-order valence-electron chi connectivity index (χ3n) is 4.54. The number of hydrogen-bond donors (Lipinski definition) is 0. The summed E-state index contributed by atoms with van der Waals surface area (Å²) in [5.41, 5.74) is 2.48. The number of nitrogens with zero attached hydrogens (tertiary/aromatic N) is 4. The van der Waals surface area contributed by atoms with Gasteiger partial charge >= 0.3 is 0 Å². The van der Waals surface area contributed by atoms with Crippen LogP contribution in [-0.2, 0) is 4.74 Å². The average molecular weight is 348 g/mol. The van der Waals surface area contributed by atoms with Gasteiger partial charge in [-0.05, 0) is 30.2 Å². The maximum atomic E-state index is 12.8. The lowest BCUT2D eigenvalue weighted by Gasteiger charge is -2.18. The van der Waals surface area contributed by atoms with Gasteiger partial charge in [-0.2, -0.15) is 5.10 Å². The second kappa shape index (κ2) is 7.49. The van der Waals surface area contributed by atoms with Crippen molar-refractivity contribution in [2.75, 3.05) is 19.7 Å². The molecule has 3 aromatic rings. The number of hydrogen-bond acceptors (Lipinski definition) is 4. The van der Waals surface area contributed by atoms with Crippen LogP contribution in [0.4, 0.5) is 0 Å². The van der Waals surface area contributed by atoms with Gasteiger partial charge in [-0.15, -0.1) is 0 Å². The molecule has 26 heavy (non-hydrogen) atoms. The fraction of sp³-hybridized carbons (Fsp3) is 0.250. The molecule has 0 aliphatic carbocycles. The maximum absolute atomic E-state index is 12.8. The molecule has 0 radical (unpaired) electrons. The summed E-state index contributed by atoms with van der Waals surface area (Å²) in [7, 11) is 0. The topological polar surface area (TPSA) is 60.2 Å². The number of aromatic nitrogens is 3. The van der Waals surface area contributed by atoms with Crippen LogP contribution in [0.1, 0.15) is 28.6 Å². The standard InChI is InChI=1S/C20H20N4O2/c25-20(18-8-13-24(22-18)17-6-10-21-11-7-17)23-12-9-19(26-15-14-23)16-4-2-1-3-5-16/h1-8,10-11,13,19H,9,12,14-15H2. The average Bonchev–Trinajstić information content (AvgIpc) is 3.07. The van der Waals surface area contributed by atoms with Gasteiger partial charge < -0.3 is 9.64 Å². The quantitative estimate of drug-likeness (QED) is 0.730. The molecule has 0 bridgehead atoms. The summed E-state index contributed by atoms with van der Waals surface area (Å²) < 4.78 is 7.64. The van der Waals surface area contributed by atoms with Gasteiger partial charge in [0.05, 0.1) is 18.4 Å². The second-order valence-corrected chi connectivity index (χ2v) is 6.20. The largest absolute Gasteiger partial charge is 0.372 e. The van der Waals surface area contributed by atoms with E-state index in [1.807, 2.05) is 35.2 Å². The zero-order chi connectivity index (χ0) is 17.8. The van der Waals surface area contributed by atoms with Crippen LogP contribution in [0.3, 0.4) is 0 Å². The summed E-state index contributed by atoms with van der Waals surface area (Å²) in [5, 5.41) is 4.42. The Morgan fingerprint density at radius 3 is 2.65 bits per heavy atom. The number of rotatable bonds is 3. The van der Waals surface area contributed by atoms with Crippen LogP contribution in [0.25, 0.3) is 5.69 Å². The van der Waals surface area contributed by atoms with Gasteiger partial charge in [0, 0.05) is 31.7 Å². The highest BCUT2D eigenvalue weighted by Gasteiger charge is 2.24. The number of benzene rings is 1. The summed E-state index contributed by atoms with van der Waals surface area (Å²) in [4.78, 5) is 18.6. The summed E-state index contributed by atoms with van der Waals surface area (Å²) in [6.45, 7) is 1.75. The molecule has 1 aromatic carbocycles. The van der Waals surface area contributed by atoms with Crippen LogP contribution < -0.4 is 0 Å². The molecule has 1 aliphatic heterocycles. The van der Waals surface area contributed by atoms with Gasteiger partial charge in [0.2, 0.25) is 0 Å². The number of amides is 1. The number of ether oxygens (including phenoxy) is 1. The van der Waals surface area contributed by atoms with Crippen LogP contribution in [0.5, 0.6) is 0 Å². The number of pyridine rings is 1. The molecular weight excluding hydrogens is 328 g/mol. The summed E-state index contributed by atoms with van der Waals surface area (Å²) in [6, 6.07) is 15.6. The van der Waals surface area contributed by atoms with E-state index in [1.54, 1.807) is 29.3 Å². The zero-order valence-electron chi connectivity index (χ0n) is 14.4. The molecule has 1 amide bonds. The molecule has 1 aliphatic rings. The minimum absolute atomic E-state index is 0.0309. The summed E-state index contributed by atoms with van der Waals surface area (Å²) >= 11 is 0. The maximum Gasteiger partial charge on any atom is 0.274 e. The number of carbonyl (C=O) groups is 1. The van der Waals surface area contributed by atoms with Gasteiger partial charge in [-0.1, -0.05) is 30.3 Å². The first-order valence-electron chi connectivity index (χ1n) is 8.73. The molecule has 6 nitrogen and oxygen atoms in total. The lowest BCUT2D eigenvalue weighted by Crippen LogP contribution is -2.33. The van der Waals surface area contributed by atoms with E-state index in [2.05, 4.69) is 22.2 Å². The molecule has 6 heteroatoms.